The van der Waals surface area contributed by atoms with Gasteiger partial charge in [0.05, 0.1) is 0 Å². The first kappa shape index (κ1) is 13.6. The summed E-state index contributed by atoms with van der Waals surface area (Å²) in [5.41, 5.74) is 1.80. The molecule has 0 saturated heterocycles. The molecular weight excluding hydrogens is 284 g/mol. The molecule has 0 aliphatic heterocycles. The summed E-state index contributed by atoms with van der Waals surface area (Å²) >= 11 is 1.39. The van der Waals surface area contributed by atoms with Gasteiger partial charge in [-0.15, -0.1) is 11.3 Å². The Morgan fingerprint density at radius 3 is 3.05 bits per heavy atom. The summed E-state index contributed by atoms with van der Waals surface area (Å²) in [5, 5.41) is 6.15. The largest absolute Gasteiger partial charge is 0.460 e. The molecule has 0 fully saturated rings. The normalized spacial score (nSPS) is 11.3. The predicted octanol–water partition coefficient (Wildman–Crippen LogP) is 4.10. The molecule has 4 nitrogen and oxygen atoms in total. The third kappa shape index (κ3) is 2.87. The fourth-order valence-corrected chi connectivity index (χ4v) is 2.68. The van der Waals surface area contributed by atoms with Gasteiger partial charge in [-0.05, 0) is 12.1 Å². The van der Waals surface area contributed by atoms with Crippen LogP contribution >= 0.6 is 11.3 Å². The van der Waals surface area contributed by atoms with Crippen LogP contribution < -0.4 is 5.32 Å². The zero-order valence-corrected chi connectivity index (χ0v) is 12.3. The van der Waals surface area contributed by atoms with E-state index >= 15 is 0 Å². The summed E-state index contributed by atoms with van der Waals surface area (Å²) in [7, 11) is 0. The quantitative estimate of drug-likeness (QED) is 0.738. The highest BCUT2D eigenvalue weighted by molar-refractivity contribution is 7.13. The first-order chi connectivity index (χ1) is 10.3. The van der Waals surface area contributed by atoms with E-state index in [9.17, 15) is 4.79 Å². The number of nitrogens with one attached hydrogen (secondary N) is 1. The highest BCUT2D eigenvalue weighted by atomic mass is 32.1. The van der Waals surface area contributed by atoms with Crippen LogP contribution in [0.15, 0.2) is 46.3 Å². The van der Waals surface area contributed by atoms with Crippen LogP contribution in [-0.2, 0) is 11.2 Å². The van der Waals surface area contributed by atoms with Gasteiger partial charge in [0.25, 0.3) is 0 Å². The Hall–Kier alpha value is -2.40. The lowest BCUT2D eigenvalue weighted by atomic mass is 10.1. The highest BCUT2D eigenvalue weighted by Crippen LogP contribution is 2.27. The molecule has 0 unspecified atom stereocenters. The average molecular weight is 298 g/mol. The summed E-state index contributed by atoms with van der Waals surface area (Å²) in [6.07, 6.45) is 5.75. The van der Waals surface area contributed by atoms with Crippen molar-refractivity contribution >= 4 is 39.4 Å². The van der Waals surface area contributed by atoms with Gasteiger partial charge in [0.1, 0.15) is 11.3 Å². The lowest BCUT2D eigenvalue weighted by Crippen LogP contribution is -2.07. The number of aromatic nitrogens is 1. The van der Waals surface area contributed by atoms with Crippen molar-refractivity contribution in [1.29, 1.82) is 0 Å². The minimum atomic E-state index is -0.197. The van der Waals surface area contributed by atoms with E-state index in [1.807, 2.05) is 36.6 Å². The van der Waals surface area contributed by atoms with Gasteiger partial charge in [-0.25, -0.2) is 4.98 Å². The highest BCUT2D eigenvalue weighted by Gasteiger charge is 2.10. The Kier molecular flexibility index (Phi) is 3.83. The summed E-state index contributed by atoms with van der Waals surface area (Å²) in [6.45, 7) is 2.03. The molecule has 0 aliphatic rings. The van der Waals surface area contributed by atoms with E-state index in [0.29, 0.717) is 5.13 Å². The van der Waals surface area contributed by atoms with Crippen molar-refractivity contribution in [1.82, 2.24) is 4.98 Å². The van der Waals surface area contributed by atoms with Crippen LogP contribution in [0.1, 0.15) is 18.2 Å². The maximum atomic E-state index is 11.9. The Morgan fingerprint density at radius 1 is 1.43 bits per heavy atom. The Labute approximate surface area is 126 Å². The standard InChI is InChI=1S/C16H14N2O2S/c1-2-13-12(11-5-3-4-6-14(11)20-13)7-8-15(19)18-16-17-9-10-21-16/h3-10H,2H2,1H3,(H,17,18,19)/b8-7+. The van der Waals surface area contributed by atoms with E-state index in [-0.39, 0.29) is 5.91 Å². The fourth-order valence-electron chi connectivity index (χ4n) is 2.15. The van der Waals surface area contributed by atoms with E-state index in [2.05, 4.69) is 10.3 Å². The van der Waals surface area contributed by atoms with Crippen molar-refractivity contribution < 1.29 is 9.21 Å². The number of furan rings is 1. The van der Waals surface area contributed by atoms with Crippen LogP contribution in [0.25, 0.3) is 17.0 Å². The molecule has 0 radical (unpaired) electrons. The number of thiazole rings is 1. The van der Waals surface area contributed by atoms with Crippen LogP contribution in [0.5, 0.6) is 0 Å². The number of carbonyl (C=O) groups is 1. The van der Waals surface area contributed by atoms with Crippen molar-refractivity contribution in [2.75, 3.05) is 5.32 Å². The predicted molar refractivity (Wildman–Crippen MR) is 85.4 cm³/mol. The molecule has 3 aromatic rings. The second kappa shape index (κ2) is 5.93. The van der Waals surface area contributed by atoms with Crippen molar-refractivity contribution in [3.63, 3.8) is 0 Å². The molecule has 5 heteroatoms. The van der Waals surface area contributed by atoms with Gasteiger partial charge < -0.3 is 4.42 Å². The molecule has 106 valence electrons. The molecule has 0 bridgehead atoms. The number of benzene rings is 1. The van der Waals surface area contributed by atoms with Gasteiger partial charge in [0.2, 0.25) is 5.91 Å². The number of nitrogens with zero attached hydrogens (tertiary/aromatic N) is 1. The summed E-state index contributed by atoms with van der Waals surface area (Å²) in [5.74, 6) is 0.687. The van der Waals surface area contributed by atoms with Crippen LogP contribution in [0.2, 0.25) is 0 Å². The Balaban J connectivity index is 1.86. The molecule has 0 aliphatic carbocycles. The van der Waals surface area contributed by atoms with E-state index in [0.717, 1.165) is 28.7 Å². The van der Waals surface area contributed by atoms with E-state index < -0.39 is 0 Å². The molecule has 1 amide bonds. The number of anilines is 1. The van der Waals surface area contributed by atoms with Gasteiger partial charge in [-0.1, -0.05) is 25.1 Å². The lowest BCUT2D eigenvalue weighted by molar-refractivity contribution is -0.111. The molecular formula is C16H14N2O2S. The van der Waals surface area contributed by atoms with Crippen molar-refractivity contribution in [2.45, 2.75) is 13.3 Å². The van der Waals surface area contributed by atoms with Gasteiger partial charge in [0, 0.05) is 35.0 Å². The Bertz CT molecular complexity index is 788. The smallest absolute Gasteiger partial charge is 0.250 e. The molecule has 1 N–H and O–H groups in total. The van der Waals surface area contributed by atoms with Crippen molar-refractivity contribution in [3.05, 3.63) is 53.2 Å². The molecule has 3 rings (SSSR count). The lowest BCUT2D eigenvalue weighted by Gasteiger charge is -1.96. The van der Waals surface area contributed by atoms with Crippen LogP contribution in [-0.4, -0.2) is 10.9 Å². The minimum absolute atomic E-state index is 0.197. The SMILES string of the molecule is CCc1oc2ccccc2c1/C=C/C(=O)Nc1nccs1. The van der Waals surface area contributed by atoms with Crippen LogP contribution in [0.3, 0.4) is 0 Å². The maximum Gasteiger partial charge on any atom is 0.250 e. The second-order valence-corrected chi connectivity index (χ2v) is 5.34. The van der Waals surface area contributed by atoms with Crippen molar-refractivity contribution in [3.8, 4) is 0 Å². The summed E-state index contributed by atoms with van der Waals surface area (Å²) < 4.78 is 5.79. The number of rotatable bonds is 4. The molecule has 2 heterocycles. The number of carbonyl (C=O) groups excluding carboxylic acids is 1. The monoisotopic (exact) mass is 298 g/mol. The van der Waals surface area contributed by atoms with Gasteiger partial charge >= 0.3 is 0 Å². The van der Waals surface area contributed by atoms with E-state index in [1.54, 1.807) is 12.3 Å². The number of amides is 1. The topological polar surface area (TPSA) is 55.1 Å². The van der Waals surface area contributed by atoms with Crippen LogP contribution in [0.4, 0.5) is 5.13 Å². The zero-order chi connectivity index (χ0) is 14.7. The fraction of sp³-hybridized carbons (Fsp3) is 0.125. The first-order valence-corrected chi connectivity index (χ1v) is 7.55. The van der Waals surface area contributed by atoms with Gasteiger partial charge in [-0.2, -0.15) is 0 Å². The summed E-state index contributed by atoms with van der Waals surface area (Å²) in [4.78, 5) is 15.9. The average Bonchev–Trinajstić information content (AvgIpc) is 3.12. The van der Waals surface area contributed by atoms with Gasteiger partial charge in [0.15, 0.2) is 5.13 Å². The van der Waals surface area contributed by atoms with E-state index in [4.69, 9.17) is 4.42 Å². The number of fused-ring (bicyclic) bond motifs is 1. The number of aryl methyl sites for hydroxylation is 1. The van der Waals surface area contributed by atoms with Gasteiger partial charge in [-0.3, -0.25) is 10.1 Å². The maximum absolute atomic E-state index is 11.9. The molecule has 2 aromatic heterocycles. The molecule has 1 aromatic carbocycles. The summed E-state index contributed by atoms with van der Waals surface area (Å²) in [6, 6.07) is 7.83. The molecule has 0 saturated carbocycles. The second-order valence-electron chi connectivity index (χ2n) is 4.45. The molecule has 0 atom stereocenters. The van der Waals surface area contributed by atoms with Crippen LogP contribution in [0, 0.1) is 0 Å². The first-order valence-electron chi connectivity index (χ1n) is 6.67. The zero-order valence-electron chi connectivity index (χ0n) is 11.5. The molecule has 0 spiro atoms. The molecule has 21 heavy (non-hydrogen) atoms. The third-order valence-electron chi connectivity index (χ3n) is 3.10. The van der Waals surface area contributed by atoms with E-state index in [1.165, 1.54) is 17.4 Å². The number of hydrogen-bond acceptors (Lipinski definition) is 4. The number of para-hydroxylation sites is 1. The minimum Gasteiger partial charge on any atom is -0.460 e. The Morgan fingerprint density at radius 2 is 2.29 bits per heavy atom. The number of hydrogen-bond donors (Lipinski definition) is 1. The van der Waals surface area contributed by atoms with Crippen molar-refractivity contribution in [2.24, 2.45) is 0 Å². The third-order valence-corrected chi connectivity index (χ3v) is 3.78.